The van der Waals surface area contributed by atoms with Gasteiger partial charge in [-0.3, -0.25) is 9.48 Å². The monoisotopic (exact) mass is 436 g/mol. The molecule has 1 fully saturated rings. The van der Waals surface area contributed by atoms with Crippen LogP contribution < -0.4 is 11.1 Å². The van der Waals surface area contributed by atoms with Crippen molar-refractivity contribution in [3.05, 3.63) is 46.8 Å². The minimum Gasteiger partial charge on any atom is -0.353 e. The highest BCUT2D eigenvalue weighted by molar-refractivity contribution is 7.14. The first-order chi connectivity index (χ1) is 15.0. The Morgan fingerprint density at radius 3 is 2.71 bits per heavy atom. The molecule has 1 amide bonds. The van der Waals surface area contributed by atoms with Crippen LogP contribution in [0.2, 0.25) is 0 Å². The topological polar surface area (TPSA) is 105 Å². The Labute approximate surface area is 184 Å². The van der Waals surface area contributed by atoms with Crippen LogP contribution >= 0.6 is 11.3 Å². The fourth-order valence-corrected chi connectivity index (χ4v) is 5.22. The number of carbonyl (C=O) groups is 1. The zero-order valence-electron chi connectivity index (χ0n) is 17.7. The van der Waals surface area contributed by atoms with Gasteiger partial charge in [0.25, 0.3) is 5.91 Å². The van der Waals surface area contributed by atoms with Crippen molar-refractivity contribution in [1.29, 1.82) is 0 Å². The molecule has 2 unspecified atom stereocenters. The summed E-state index contributed by atoms with van der Waals surface area (Å²) in [4.78, 5) is 19.3. The second kappa shape index (κ2) is 7.90. The molecule has 4 aromatic rings. The van der Waals surface area contributed by atoms with E-state index >= 15 is 0 Å². The first-order valence-corrected chi connectivity index (χ1v) is 11.4. The standard InChI is InChI=1S/C22H25N7OS/c1-13-16(7-20(31-13)22(30)27-19-6-4-3-5-18(19)23)17-10-26-29-12-14(8-24-21(17)29)15-9-25-28(2)11-15/h7-12,18-19H,3-6,23H2,1-2H3,(H,27,30)/p+1. The van der Waals surface area contributed by atoms with Crippen molar-refractivity contribution in [2.45, 2.75) is 44.7 Å². The van der Waals surface area contributed by atoms with Crippen LogP contribution in [0.5, 0.6) is 0 Å². The molecule has 1 aliphatic carbocycles. The summed E-state index contributed by atoms with van der Waals surface area (Å²) in [6.07, 6.45) is 13.8. The summed E-state index contributed by atoms with van der Waals surface area (Å²) in [5.41, 5.74) is 8.86. The second-order valence-electron chi connectivity index (χ2n) is 8.28. The van der Waals surface area contributed by atoms with Crippen LogP contribution in [0.4, 0.5) is 0 Å². The van der Waals surface area contributed by atoms with Crippen LogP contribution in [-0.2, 0) is 7.05 Å². The van der Waals surface area contributed by atoms with Crippen molar-refractivity contribution >= 4 is 22.9 Å². The van der Waals surface area contributed by atoms with Crippen molar-refractivity contribution in [3.63, 3.8) is 0 Å². The molecule has 4 heterocycles. The maximum absolute atomic E-state index is 12.9. The Hall–Kier alpha value is -3.04. The van der Waals surface area contributed by atoms with Gasteiger partial charge in [-0.1, -0.05) is 6.42 Å². The normalized spacial score (nSPS) is 19.1. The van der Waals surface area contributed by atoms with Crippen LogP contribution in [0.1, 0.15) is 40.2 Å². The molecule has 160 valence electrons. The lowest BCUT2D eigenvalue weighted by Crippen LogP contribution is -2.70. The van der Waals surface area contributed by atoms with Gasteiger partial charge in [0.2, 0.25) is 0 Å². The number of aromatic nitrogens is 5. The third-order valence-corrected chi connectivity index (χ3v) is 7.10. The average molecular weight is 437 g/mol. The number of aryl methyl sites for hydroxylation is 2. The van der Waals surface area contributed by atoms with Gasteiger partial charge in [-0.05, 0) is 25.8 Å². The number of quaternary nitrogens is 1. The Bertz CT molecular complexity index is 1250. The van der Waals surface area contributed by atoms with E-state index in [0.29, 0.717) is 0 Å². The van der Waals surface area contributed by atoms with Crippen molar-refractivity contribution in [3.8, 4) is 22.3 Å². The summed E-state index contributed by atoms with van der Waals surface area (Å²) < 4.78 is 3.55. The third-order valence-electron chi connectivity index (χ3n) is 6.05. The summed E-state index contributed by atoms with van der Waals surface area (Å²) in [5.74, 6) is -0.0109. The number of thiophene rings is 1. The zero-order valence-corrected chi connectivity index (χ0v) is 18.5. The minimum atomic E-state index is -0.0109. The Balaban J connectivity index is 1.42. The maximum atomic E-state index is 12.9. The molecule has 2 atom stereocenters. The number of hydrogen-bond donors (Lipinski definition) is 2. The molecule has 4 N–H and O–H groups in total. The second-order valence-corrected chi connectivity index (χ2v) is 9.53. The number of amides is 1. The van der Waals surface area contributed by atoms with E-state index in [0.717, 1.165) is 56.9 Å². The lowest BCUT2D eigenvalue weighted by atomic mass is 9.91. The van der Waals surface area contributed by atoms with Crippen LogP contribution in [0.3, 0.4) is 0 Å². The van der Waals surface area contributed by atoms with E-state index in [4.69, 9.17) is 0 Å². The lowest BCUT2D eigenvalue weighted by molar-refractivity contribution is -0.430. The van der Waals surface area contributed by atoms with Gasteiger partial charge in [0.15, 0.2) is 5.65 Å². The number of hydrogen-bond acceptors (Lipinski definition) is 5. The number of nitrogens with zero attached hydrogens (tertiary/aromatic N) is 5. The highest BCUT2D eigenvalue weighted by atomic mass is 32.1. The fraction of sp³-hybridized carbons (Fsp3) is 0.364. The minimum absolute atomic E-state index is 0.0109. The third kappa shape index (κ3) is 3.75. The van der Waals surface area contributed by atoms with Crippen molar-refractivity contribution < 1.29 is 10.5 Å². The number of fused-ring (bicyclic) bond motifs is 1. The number of rotatable bonds is 4. The largest absolute Gasteiger partial charge is 0.353 e. The Morgan fingerprint density at radius 1 is 1.13 bits per heavy atom. The zero-order chi connectivity index (χ0) is 21.5. The van der Waals surface area contributed by atoms with Crippen LogP contribution in [0, 0.1) is 6.92 Å². The molecule has 31 heavy (non-hydrogen) atoms. The van der Waals surface area contributed by atoms with Crippen molar-refractivity contribution in [2.75, 3.05) is 0 Å². The molecule has 0 aliphatic heterocycles. The molecule has 4 aromatic heterocycles. The number of carbonyl (C=O) groups excluding carboxylic acids is 1. The van der Waals surface area contributed by atoms with Gasteiger partial charge in [-0.25, -0.2) is 9.50 Å². The molecule has 1 aliphatic rings. The summed E-state index contributed by atoms with van der Waals surface area (Å²) in [6.45, 7) is 2.04. The molecule has 5 rings (SSSR count). The van der Waals surface area contributed by atoms with E-state index in [9.17, 15) is 4.79 Å². The number of nitrogens with one attached hydrogen (secondary N) is 1. The molecular weight excluding hydrogens is 410 g/mol. The average Bonchev–Trinajstić information content (AvgIpc) is 3.47. The molecule has 0 bridgehead atoms. The van der Waals surface area contributed by atoms with Gasteiger partial charge in [0, 0.05) is 59.2 Å². The van der Waals surface area contributed by atoms with E-state index < -0.39 is 0 Å². The first kappa shape index (κ1) is 19.9. The van der Waals surface area contributed by atoms with Gasteiger partial charge in [-0.15, -0.1) is 11.3 Å². The highest BCUT2D eigenvalue weighted by Gasteiger charge is 2.27. The Morgan fingerprint density at radius 2 is 1.94 bits per heavy atom. The van der Waals surface area contributed by atoms with E-state index in [1.165, 1.54) is 17.8 Å². The van der Waals surface area contributed by atoms with E-state index in [1.54, 1.807) is 9.20 Å². The van der Waals surface area contributed by atoms with Crippen LogP contribution in [0.15, 0.2) is 37.1 Å². The van der Waals surface area contributed by atoms with Crippen molar-refractivity contribution in [1.82, 2.24) is 29.7 Å². The smallest absolute Gasteiger partial charge is 0.261 e. The summed E-state index contributed by atoms with van der Waals surface area (Å²) in [6, 6.07) is 2.41. The van der Waals surface area contributed by atoms with Crippen LogP contribution in [-0.4, -0.2) is 42.4 Å². The maximum Gasteiger partial charge on any atom is 0.261 e. The van der Waals surface area contributed by atoms with E-state index in [-0.39, 0.29) is 18.0 Å². The van der Waals surface area contributed by atoms with Gasteiger partial charge in [0.1, 0.15) is 6.04 Å². The quantitative estimate of drug-likeness (QED) is 0.513. The van der Waals surface area contributed by atoms with Gasteiger partial charge >= 0.3 is 0 Å². The van der Waals surface area contributed by atoms with Gasteiger partial charge < -0.3 is 11.1 Å². The van der Waals surface area contributed by atoms with E-state index in [2.05, 4.69) is 26.2 Å². The fourth-order valence-electron chi connectivity index (χ4n) is 4.28. The van der Waals surface area contributed by atoms with Crippen molar-refractivity contribution in [2.24, 2.45) is 7.05 Å². The molecular formula is C22H26N7OS+. The predicted octanol–water partition coefficient (Wildman–Crippen LogP) is 2.45. The first-order valence-electron chi connectivity index (χ1n) is 10.6. The summed E-state index contributed by atoms with van der Waals surface area (Å²) in [5, 5.41) is 11.9. The summed E-state index contributed by atoms with van der Waals surface area (Å²) in [7, 11) is 1.89. The molecule has 9 heteroatoms. The van der Waals surface area contributed by atoms with Gasteiger partial charge in [0.05, 0.1) is 23.3 Å². The Kier molecular flexibility index (Phi) is 5.07. The molecule has 0 saturated heterocycles. The highest BCUT2D eigenvalue weighted by Crippen LogP contribution is 2.33. The van der Waals surface area contributed by atoms with E-state index in [1.807, 2.05) is 51.0 Å². The molecule has 8 nitrogen and oxygen atoms in total. The summed E-state index contributed by atoms with van der Waals surface area (Å²) >= 11 is 1.51. The van der Waals surface area contributed by atoms with Gasteiger partial charge in [-0.2, -0.15) is 10.2 Å². The predicted molar refractivity (Wildman–Crippen MR) is 120 cm³/mol. The molecule has 1 saturated carbocycles. The molecule has 0 radical (unpaired) electrons. The molecule has 0 aromatic carbocycles. The lowest BCUT2D eigenvalue weighted by Gasteiger charge is -2.26. The molecule has 0 spiro atoms. The van der Waals surface area contributed by atoms with Crippen LogP contribution in [0.25, 0.3) is 27.9 Å². The SMILES string of the molecule is Cc1sc(C(=O)NC2CCCCC2[NH3+])cc1-c1cnn2cc(-c3cnn(C)c3)cnc12.